The lowest BCUT2D eigenvalue weighted by Crippen LogP contribution is -2.10. The Hall–Kier alpha value is -1.91. The van der Waals surface area contributed by atoms with Gasteiger partial charge in [-0.25, -0.2) is 4.79 Å². The average molecular weight is 451 g/mol. The van der Waals surface area contributed by atoms with Crippen LogP contribution in [0.2, 0.25) is 0 Å². The number of hydrogen-bond donors (Lipinski definition) is 3. The van der Waals surface area contributed by atoms with Gasteiger partial charge in [0.05, 0.1) is 12.2 Å². The number of esters is 1. The number of phenols is 3. The molecule has 1 rings (SSSR count). The van der Waals surface area contributed by atoms with Gasteiger partial charge in [-0.1, -0.05) is 104 Å². The molecule has 0 radical (unpaired) electrons. The van der Waals surface area contributed by atoms with E-state index in [0.717, 1.165) is 38.5 Å². The van der Waals surface area contributed by atoms with Crippen molar-refractivity contribution in [1.82, 2.24) is 0 Å². The zero-order valence-electron chi connectivity index (χ0n) is 20.5. The van der Waals surface area contributed by atoms with Crippen LogP contribution in [0.4, 0.5) is 0 Å². The number of aromatic hydroxyl groups is 3. The van der Waals surface area contributed by atoms with Gasteiger partial charge in [-0.2, -0.15) is 0 Å². The Balaban J connectivity index is 2.40. The molecule has 0 aromatic heterocycles. The molecule has 5 nitrogen and oxygen atoms in total. The first-order valence-corrected chi connectivity index (χ1v) is 13.0. The summed E-state index contributed by atoms with van der Waals surface area (Å²) >= 11 is 0. The van der Waals surface area contributed by atoms with Crippen molar-refractivity contribution in [3.8, 4) is 17.2 Å². The molecule has 0 aliphatic rings. The maximum atomic E-state index is 12.6. The molecule has 1 aromatic carbocycles. The highest BCUT2D eigenvalue weighted by Crippen LogP contribution is 2.40. The van der Waals surface area contributed by atoms with Crippen molar-refractivity contribution >= 4 is 5.97 Å². The number of hydrogen-bond acceptors (Lipinski definition) is 5. The van der Waals surface area contributed by atoms with E-state index in [0.29, 0.717) is 18.6 Å². The maximum Gasteiger partial charge on any atom is 0.338 e. The molecule has 0 fully saturated rings. The van der Waals surface area contributed by atoms with E-state index in [2.05, 4.69) is 13.8 Å². The van der Waals surface area contributed by atoms with Gasteiger partial charge >= 0.3 is 5.97 Å². The molecule has 0 saturated carbocycles. The minimum Gasteiger partial charge on any atom is -0.504 e. The zero-order valence-corrected chi connectivity index (χ0v) is 20.5. The summed E-state index contributed by atoms with van der Waals surface area (Å²) in [5, 5.41) is 30.0. The SMILES string of the molecule is CCCCCCCCCCCCOC(=O)c1cc(O)c(O)c(O)c1CCCCCCCC. The fourth-order valence-electron chi connectivity index (χ4n) is 4.03. The van der Waals surface area contributed by atoms with E-state index in [1.54, 1.807) is 0 Å². The molecule has 184 valence electrons. The first-order chi connectivity index (χ1) is 15.5. The molecule has 0 amide bonds. The van der Waals surface area contributed by atoms with Gasteiger partial charge in [-0.15, -0.1) is 0 Å². The van der Waals surface area contributed by atoms with Gasteiger partial charge < -0.3 is 20.1 Å². The summed E-state index contributed by atoms with van der Waals surface area (Å²) in [7, 11) is 0. The van der Waals surface area contributed by atoms with Gasteiger partial charge in [0.2, 0.25) is 5.75 Å². The Kier molecular flexibility index (Phi) is 15.5. The minimum absolute atomic E-state index is 0.151. The molecule has 0 unspecified atom stereocenters. The van der Waals surface area contributed by atoms with E-state index < -0.39 is 23.2 Å². The van der Waals surface area contributed by atoms with Crippen molar-refractivity contribution in [2.75, 3.05) is 6.61 Å². The lowest BCUT2D eigenvalue weighted by atomic mass is 9.98. The van der Waals surface area contributed by atoms with E-state index in [1.165, 1.54) is 70.3 Å². The van der Waals surface area contributed by atoms with Crippen molar-refractivity contribution in [2.24, 2.45) is 0 Å². The van der Waals surface area contributed by atoms with E-state index in [1.807, 2.05) is 0 Å². The fraction of sp³-hybridized carbons (Fsp3) is 0.741. The molecule has 0 saturated heterocycles. The van der Waals surface area contributed by atoms with Crippen LogP contribution in [0, 0.1) is 0 Å². The highest BCUT2D eigenvalue weighted by atomic mass is 16.5. The molecule has 1 aromatic rings. The molecule has 0 bridgehead atoms. The predicted molar refractivity (Wildman–Crippen MR) is 131 cm³/mol. The van der Waals surface area contributed by atoms with Crippen molar-refractivity contribution in [2.45, 2.75) is 123 Å². The third kappa shape index (κ3) is 11.1. The van der Waals surface area contributed by atoms with E-state index in [4.69, 9.17) is 4.74 Å². The molecule has 3 N–H and O–H groups in total. The molecular formula is C27H46O5. The standard InChI is InChI=1S/C27H46O5/c1-3-5-7-9-11-12-13-14-16-18-20-32-27(31)23-21-24(28)26(30)25(29)22(23)19-17-15-10-8-6-4-2/h21,28-30H,3-20H2,1-2H3. The molecule has 0 aliphatic heterocycles. The van der Waals surface area contributed by atoms with Crippen LogP contribution in [-0.2, 0) is 11.2 Å². The summed E-state index contributed by atoms with van der Waals surface area (Å²) in [6, 6.07) is 1.21. The van der Waals surface area contributed by atoms with Crippen LogP contribution in [0.5, 0.6) is 17.2 Å². The Labute approximate surface area is 195 Å². The zero-order chi connectivity index (χ0) is 23.6. The second kappa shape index (κ2) is 17.6. The van der Waals surface area contributed by atoms with Crippen LogP contribution in [0.15, 0.2) is 6.07 Å². The summed E-state index contributed by atoms with van der Waals surface area (Å²) in [4.78, 5) is 12.6. The van der Waals surface area contributed by atoms with Gasteiger partial charge in [0.1, 0.15) is 0 Å². The lowest BCUT2D eigenvalue weighted by molar-refractivity contribution is 0.0495. The van der Waals surface area contributed by atoms with Crippen LogP contribution in [-0.4, -0.2) is 27.9 Å². The predicted octanol–water partition coefficient (Wildman–Crippen LogP) is 7.78. The Morgan fingerprint density at radius 3 is 1.69 bits per heavy atom. The molecule has 5 heteroatoms. The summed E-state index contributed by atoms with van der Waals surface area (Å²) in [5.74, 6) is -2.03. The van der Waals surface area contributed by atoms with Crippen LogP contribution < -0.4 is 0 Å². The molecule has 0 spiro atoms. The number of ether oxygens (including phenoxy) is 1. The number of unbranched alkanes of at least 4 members (excludes halogenated alkanes) is 14. The first-order valence-electron chi connectivity index (χ1n) is 13.0. The number of carbonyl (C=O) groups excluding carboxylic acids is 1. The number of carbonyl (C=O) groups is 1. The molecule has 32 heavy (non-hydrogen) atoms. The van der Waals surface area contributed by atoms with Gasteiger partial charge in [-0.05, 0) is 25.3 Å². The van der Waals surface area contributed by atoms with Crippen LogP contribution >= 0.6 is 0 Å². The Morgan fingerprint density at radius 1 is 0.688 bits per heavy atom. The van der Waals surface area contributed by atoms with E-state index in [-0.39, 0.29) is 5.56 Å². The topological polar surface area (TPSA) is 87.0 Å². The largest absolute Gasteiger partial charge is 0.504 e. The smallest absolute Gasteiger partial charge is 0.338 e. The quantitative estimate of drug-likeness (QED) is 0.114. The molecule has 0 atom stereocenters. The van der Waals surface area contributed by atoms with Crippen LogP contribution in [0.25, 0.3) is 0 Å². The fourth-order valence-corrected chi connectivity index (χ4v) is 4.03. The highest BCUT2D eigenvalue weighted by molar-refractivity contribution is 5.93. The third-order valence-corrected chi connectivity index (χ3v) is 6.09. The van der Waals surface area contributed by atoms with E-state index in [9.17, 15) is 20.1 Å². The van der Waals surface area contributed by atoms with Gasteiger partial charge in [0.25, 0.3) is 0 Å². The van der Waals surface area contributed by atoms with Gasteiger partial charge in [0.15, 0.2) is 11.5 Å². The van der Waals surface area contributed by atoms with Gasteiger partial charge in [0, 0.05) is 5.56 Å². The maximum absolute atomic E-state index is 12.6. The second-order valence-electron chi connectivity index (χ2n) is 8.95. The molecule has 0 aliphatic carbocycles. The van der Waals surface area contributed by atoms with Crippen LogP contribution in [0.3, 0.4) is 0 Å². The van der Waals surface area contributed by atoms with Crippen molar-refractivity contribution in [1.29, 1.82) is 0 Å². The second-order valence-corrected chi connectivity index (χ2v) is 8.95. The minimum atomic E-state index is -0.572. The number of phenolic OH excluding ortho intramolecular Hbond substituents is 3. The monoisotopic (exact) mass is 450 g/mol. The number of benzene rings is 1. The van der Waals surface area contributed by atoms with Crippen LogP contribution in [0.1, 0.15) is 133 Å². The summed E-state index contributed by atoms with van der Waals surface area (Å²) in [6.45, 7) is 4.73. The Morgan fingerprint density at radius 2 is 1.16 bits per heavy atom. The normalized spacial score (nSPS) is 11.1. The lowest BCUT2D eigenvalue weighted by Gasteiger charge is -2.14. The molecule has 0 heterocycles. The highest BCUT2D eigenvalue weighted by Gasteiger charge is 2.22. The van der Waals surface area contributed by atoms with Crippen molar-refractivity contribution < 1.29 is 24.9 Å². The van der Waals surface area contributed by atoms with Crippen molar-refractivity contribution in [3.05, 3.63) is 17.2 Å². The number of rotatable bonds is 19. The third-order valence-electron chi connectivity index (χ3n) is 6.09. The first kappa shape index (κ1) is 28.1. The summed E-state index contributed by atoms with van der Waals surface area (Å²) in [5.41, 5.74) is 0.516. The van der Waals surface area contributed by atoms with Crippen molar-refractivity contribution in [3.63, 3.8) is 0 Å². The molecular weight excluding hydrogens is 404 g/mol. The summed E-state index contributed by atoms with van der Waals surface area (Å²) in [6.07, 6.45) is 19.0. The Bertz CT molecular complexity index is 641. The van der Waals surface area contributed by atoms with E-state index >= 15 is 0 Å². The van der Waals surface area contributed by atoms with Gasteiger partial charge in [-0.3, -0.25) is 0 Å². The average Bonchev–Trinajstić information content (AvgIpc) is 2.79. The summed E-state index contributed by atoms with van der Waals surface area (Å²) < 4.78 is 5.41.